The van der Waals surface area contributed by atoms with Crippen molar-refractivity contribution in [2.24, 2.45) is 0 Å². The summed E-state index contributed by atoms with van der Waals surface area (Å²) in [6, 6.07) is 11.1. The first-order valence-electron chi connectivity index (χ1n) is 7.18. The molecule has 1 aliphatic rings. The topological polar surface area (TPSA) is 43.4 Å². The van der Waals surface area contributed by atoms with Crippen LogP contribution >= 0.6 is 0 Å². The van der Waals surface area contributed by atoms with E-state index >= 15 is 0 Å². The van der Waals surface area contributed by atoms with Crippen LogP contribution in [0.3, 0.4) is 0 Å². The van der Waals surface area contributed by atoms with Gasteiger partial charge in [-0.15, -0.1) is 0 Å². The van der Waals surface area contributed by atoms with Gasteiger partial charge in [0.1, 0.15) is 17.2 Å². The molecule has 2 aromatic rings. The number of hydrogen-bond acceptors (Lipinski definition) is 3. The van der Waals surface area contributed by atoms with Crippen molar-refractivity contribution in [3.63, 3.8) is 0 Å². The van der Waals surface area contributed by atoms with Crippen molar-refractivity contribution in [2.45, 2.75) is 31.8 Å². The third kappa shape index (κ3) is 3.51. The highest BCUT2D eigenvalue weighted by atomic mass is 32.2. The molecule has 128 valence electrons. The van der Waals surface area contributed by atoms with Crippen LogP contribution in [-0.4, -0.2) is 20.3 Å². The van der Waals surface area contributed by atoms with E-state index < -0.39 is 15.4 Å². The minimum atomic E-state index is -3.31. The Morgan fingerprint density at radius 2 is 1.67 bits per heavy atom. The second-order valence-electron chi connectivity index (χ2n) is 6.20. The van der Waals surface area contributed by atoms with Crippen LogP contribution in [0.2, 0.25) is 0 Å². The molecule has 0 fully saturated rings. The first-order valence-corrected chi connectivity index (χ1v) is 9.07. The minimum absolute atomic E-state index is 0. The van der Waals surface area contributed by atoms with Gasteiger partial charge < -0.3 is 4.74 Å². The third-order valence-electron chi connectivity index (χ3n) is 3.69. The largest absolute Gasteiger partial charge is 0.483 e. The van der Waals surface area contributed by atoms with Gasteiger partial charge in [0.05, 0.1) is 4.90 Å². The zero-order valence-corrected chi connectivity index (χ0v) is 13.9. The van der Waals surface area contributed by atoms with Gasteiger partial charge in [-0.05, 0) is 61.4 Å². The smallest absolute Gasteiger partial charge is 0.175 e. The van der Waals surface area contributed by atoms with E-state index in [1.54, 1.807) is 30.3 Å². The maximum atomic E-state index is 13.2. The van der Waals surface area contributed by atoms with Crippen molar-refractivity contribution in [2.75, 3.05) is 6.26 Å². The lowest BCUT2D eigenvalue weighted by Crippen LogP contribution is -2.29. The summed E-state index contributed by atoms with van der Waals surface area (Å²) in [5, 5.41) is 0. The number of sulfone groups is 1. The fourth-order valence-electron chi connectivity index (χ4n) is 2.65. The van der Waals surface area contributed by atoms with Crippen LogP contribution in [0.25, 0.3) is 5.57 Å². The Hall–Kier alpha value is -2.14. The molecule has 0 aromatic heterocycles. The Morgan fingerprint density at radius 3 is 2.25 bits per heavy atom. The lowest BCUT2D eigenvalue weighted by molar-refractivity contribution is 0.158. The van der Waals surface area contributed by atoms with E-state index in [-0.39, 0.29) is 18.1 Å². The Labute approximate surface area is 142 Å². The standard InChI is InChI=1S/C18H17FO3S.CH4/c1-18(2)11-16(12-4-6-13(19)7-5-12)15-9-8-14(23(3,20)21)10-17(15)22-18;/h4-11H,1-3H3;1H4. The molecule has 0 radical (unpaired) electrons. The van der Waals surface area contributed by atoms with Crippen molar-refractivity contribution in [1.29, 1.82) is 0 Å². The van der Waals surface area contributed by atoms with Gasteiger partial charge in [0.15, 0.2) is 9.84 Å². The number of ether oxygens (including phenoxy) is 1. The number of fused-ring (bicyclic) bond motifs is 1. The quantitative estimate of drug-likeness (QED) is 0.804. The Bertz CT molecular complexity index is 895. The zero-order chi connectivity index (χ0) is 16.8. The van der Waals surface area contributed by atoms with Gasteiger partial charge >= 0.3 is 0 Å². The van der Waals surface area contributed by atoms with E-state index in [4.69, 9.17) is 4.74 Å². The van der Waals surface area contributed by atoms with E-state index in [9.17, 15) is 12.8 Å². The van der Waals surface area contributed by atoms with Gasteiger partial charge in [0.25, 0.3) is 0 Å². The van der Waals surface area contributed by atoms with Crippen molar-refractivity contribution in [1.82, 2.24) is 0 Å². The van der Waals surface area contributed by atoms with Gasteiger partial charge in [-0.25, -0.2) is 12.8 Å². The van der Waals surface area contributed by atoms with E-state index in [0.717, 1.165) is 16.7 Å². The normalized spacial score (nSPS) is 15.6. The second-order valence-corrected chi connectivity index (χ2v) is 8.22. The highest BCUT2D eigenvalue weighted by Gasteiger charge is 2.28. The highest BCUT2D eigenvalue weighted by Crippen LogP contribution is 2.40. The summed E-state index contributed by atoms with van der Waals surface area (Å²) in [5.41, 5.74) is 1.96. The van der Waals surface area contributed by atoms with Gasteiger partial charge in [-0.1, -0.05) is 19.6 Å². The number of hydrogen-bond donors (Lipinski definition) is 0. The molecule has 0 N–H and O–H groups in total. The summed E-state index contributed by atoms with van der Waals surface area (Å²) in [4.78, 5) is 0.215. The van der Waals surface area contributed by atoms with Gasteiger partial charge in [-0.3, -0.25) is 0 Å². The van der Waals surface area contributed by atoms with Crippen LogP contribution in [0.5, 0.6) is 5.75 Å². The number of rotatable bonds is 2. The van der Waals surface area contributed by atoms with Crippen LogP contribution in [0.4, 0.5) is 4.39 Å². The van der Waals surface area contributed by atoms with Crippen LogP contribution in [0, 0.1) is 5.82 Å². The van der Waals surface area contributed by atoms with E-state index in [1.165, 1.54) is 18.4 Å². The zero-order valence-electron chi connectivity index (χ0n) is 13.1. The van der Waals surface area contributed by atoms with Gasteiger partial charge in [0.2, 0.25) is 0 Å². The molecule has 0 saturated carbocycles. The van der Waals surface area contributed by atoms with Crippen LogP contribution in [-0.2, 0) is 9.84 Å². The molecule has 0 atom stereocenters. The van der Waals surface area contributed by atoms with E-state index in [2.05, 4.69) is 0 Å². The molecule has 2 aromatic carbocycles. The molecule has 0 aliphatic carbocycles. The molecule has 0 bridgehead atoms. The van der Waals surface area contributed by atoms with Crippen molar-refractivity contribution < 1.29 is 17.5 Å². The monoisotopic (exact) mass is 348 g/mol. The van der Waals surface area contributed by atoms with Crippen molar-refractivity contribution >= 4 is 15.4 Å². The molecule has 3 nitrogen and oxygen atoms in total. The fourth-order valence-corrected chi connectivity index (χ4v) is 3.28. The summed E-state index contributed by atoms with van der Waals surface area (Å²) in [6.45, 7) is 3.79. The molecule has 1 aliphatic heterocycles. The molecule has 3 rings (SSSR count). The Morgan fingerprint density at radius 1 is 1.04 bits per heavy atom. The number of benzene rings is 2. The van der Waals surface area contributed by atoms with Gasteiger partial charge in [-0.2, -0.15) is 0 Å². The second kappa shape index (κ2) is 6.06. The van der Waals surface area contributed by atoms with Crippen LogP contribution in [0.15, 0.2) is 53.4 Å². The Kier molecular flexibility index (Phi) is 4.59. The molecule has 0 amide bonds. The maximum absolute atomic E-state index is 13.2. The fraction of sp³-hybridized carbons (Fsp3) is 0.263. The average molecular weight is 348 g/mol. The lowest BCUT2D eigenvalue weighted by Gasteiger charge is -2.31. The van der Waals surface area contributed by atoms with Crippen LogP contribution in [0.1, 0.15) is 32.4 Å². The summed E-state index contributed by atoms with van der Waals surface area (Å²) in [7, 11) is -3.31. The molecule has 0 spiro atoms. The maximum Gasteiger partial charge on any atom is 0.175 e. The van der Waals surface area contributed by atoms with Crippen LogP contribution < -0.4 is 4.74 Å². The average Bonchev–Trinajstić information content (AvgIpc) is 2.44. The number of halogens is 1. The van der Waals surface area contributed by atoms with Gasteiger partial charge in [0, 0.05) is 11.8 Å². The van der Waals surface area contributed by atoms with E-state index in [0.29, 0.717) is 5.75 Å². The SMILES string of the molecule is C.CC1(C)C=C(c2ccc(F)cc2)c2ccc(S(C)(=O)=O)cc2O1. The molecular formula is C19H21FO3S. The predicted molar refractivity (Wildman–Crippen MR) is 94.5 cm³/mol. The first kappa shape index (κ1) is 18.2. The molecule has 0 saturated heterocycles. The Balaban J connectivity index is 0.00000208. The molecule has 1 heterocycles. The van der Waals surface area contributed by atoms with E-state index in [1.807, 2.05) is 19.9 Å². The van der Waals surface area contributed by atoms with Crippen molar-refractivity contribution in [3.8, 4) is 5.75 Å². The summed E-state index contributed by atoms with van der Waals surface area (Å²) < 4.78 is 42.6. The van der Waals surface area contributed by atoms with Crippen molar-refractivity contribution in [3.05, 3.63) is 65.5 Å². The summed E-state index contributed by atoms with van der Waals surface area (Å²) in [5.74, 6) is 0.216. The summed E-state index contributed by atoms with van der Waals surface area (Å²) in [6.07, 6.45) is 3.13. The summed E-state index contributed by atoms with van der Waals surface area (Å²) >= 11 is 0. The first-order chi connectivity index (χ1) is 10.7. The highest BCUT2D eigenvalue weighted by molar-refractivity contribution is 7.90. The third-order valence-corrected chi connectivity index (χ3v) is 4.80. The molecule has 0 unspecified atom stereocenters. The lowest BCUT2D eigenvalue weighted by atomic mass is 9.90. The molecule has 5 heteroatoms. The molecule has 24 heavy (non-hydrogen) atoms. The predicted octanol–water partition coefficient (Wildman–Crippen LogP) is 4.47. The molecular weight excluding hydrogens is 327 g/mol. The minimum Gasteiger partial charge on any atom is -0.483 e.